The predicted octanol–water partition coefficient (Wildman–Crippen LogP) is 2.66. The first-order valence-electron chi connectivity index (χ1n) is 8.34. The highest BCUT2D eigenvalue weighted by Gasteiger charge is 2.32. The number of anilines is 1. The van der Waals surface area contributed by atoms with Crippen LogP contribution in [0.1, 0.15) is 49.6 Å². The Morgan fingerprint density at radius 2 is 2.14 bits per heavy atom. The van der Waals surface area contributed by atoms with Gasteiger partial charge in [-0.3, -0.25) is 0 Å². The summed E-state index contributed by atoms with van der Waals surface area (Å²) in [6.45, 7) is 10.0. The molecule has 2 fully saturated rings. The van der Waals surface area contributed by atoms with Crippen LogP contribution < -0.4 is 10.2 Å². The summed E-state index contributed by atoms with van der Waals surface area (Å²) < 4.78 is 0. The van der Waals surface area contributed by atoms with Gasteiger partial charge in [0.25, 0.3) is 0 Å². The van der Waals surface area contributed by atoms with Crippen molar-refractivity contribution in [3.63, 3.8) is 0 Å². The Hall–Kier alpha value is -0.650. The molecule has 0 radical (unpaired) electrons. The fraction of sp³-hybridized carbons (Fsp3) is 0.812. The highest BCUT2D eigenvalue weighted by Crippen LogP contribution is 2.44. The van der Waals surface area contributed by atoms with E-state index < -0.39 is 0 Å². The second-order valence-corrected chi connectivity index (χ2v) is 7.62. The molecule has 2 heterocycles. The Kier molecular flexibility index (Phi) is 4.82. The van der Waals surface area contributed by atoms with Crippen LogP contribution in [0.25, 0.3) is 0 Å². The SMILES string of the molecule is CCCNCc1sc(N2CCN(C)CC2C)nc1C1CC1. The van der Waals surface area contributed by atoms with Crippen LogP contribution in [0.3, 0.4) is 0 Å². The molecule has 1 aromatic rings. The number of hydrogen-bond donors (Lipinski definition) is 1. The van der Waals surface area contributed by atoms with Gasteiger partial charge in [-0.15, -0.1) is 11.3 Å². The number of hydrogen-bond acceptors (Lipinski definition) is 5. The Morgan fingerprint density at radius 3 is 2.81 bits per heavy atom. The zero-order chi connectivity index (χ0) is 14.8. The molecule has 5 heteroatoms. The summed E-state index contributed by atoms with van der Waals surface area (Å²) in [5.41, 5.74) is 1.39. The average Bonchev–Trinajstić information content (AvgIpc) is 3.21. The molecule has 1 saturated carbocycles. The summed E-state index contributed by atoms with van der Waals surface area (Å²) in [6.07, 6.45) is 3.87. The zero-order valence-corrected chi connectivity index (χ0v) is 14.4. The van der Waals surface area contributed by atoms with Crippen molar-refractivity contribution >= 4 is 16.5 Å². The summed E-state index contributed by atoms with van der Waals surface area (Å²) in [4.78, 5) is 11.4. The van der Waals surface area contributed by atoms with E-state index in [1.165, 1.54) is 35.0 Å². The highest BCUT2D eigenvalue weighted by atomic mass is 32.1. The summed E-state index contributed by atoms with van der Waals surface area (Å²) in [5, 5.41) is 4.81. The lowest BCUT2D eigenvalue weighted by molar-refractivity contribution is 0.275. The number of nitrogens with one attached hydrogen (secondary N) is 1. The molecular formula is C16H28N4S. The standard InChI is InChI=1S/C16H28N4S/c1-4-7-17-10-14-15(13-5-6-13)18-16(21-14)20-9-8-19(3)11-12(20)2/h12-13,17H,4-11H2,1-3H3. The molecule has 0 amide bonds. The molecule has 3 rings (SSSR count). The molecule has 21 heavy (non-hydrogen) atoms. The van der Waals surface area contributed by atoms with Crippen LogP contribution in [0.4, 0.5) is 5.13 Å². The normalized spacial score (nSPS) is 23.8. The summed E-state index contributed by atoms with van der Waals surface area (Å²) in [6, 6.07) is 0.568. The third-order valence-corrected chi connectivity index (χ3v) is 5.58. The van der Waals surface area contributed by atoms with Gasteiger partial charge in [-0.1, -0.05) is 6.92 Å². The maximum atomic E-state index is 5.04. The minimum Gasteiger partial charge on any atom is -0.343 e. The first kappa shape index (κ1) is 15.3. The van der Waals surface area contributed by atoms with Gasteiger partial charge in [0.1, 0.15) is 0 Å². The first-order chi connectivity index (χ1) is 10.2. The minimum absolute atomic E-state index is 0.568. The van der Waals surface area contributed by atoms with E-state index in [-0.39, 0.29) is 0 Å². The van der Waals surface area contributed by atoms with Crippen molar-refractivity contribution < 1.29 is 0 Å². The Morgan fingerprint density at radius 1 is 1.33 bits per heavy atom. The smallest absolute Gasteiger partial charge is 0.186 e. The second kappa shape index (κ2) is 6.63. The van der Waals surface area contributed by atoms with Crippen LogP contribution in [0, 0.1) is 0 Å². The maximum Gasteiger partial charge on any atom is 0.186 e. The van der Waals surface area contributed by atoms with E-state index in [1.807, 2.05) is 11.3 Å². The van der Waals surface area contributed by atoms with Crippen LogP contribution >= 0.6 is 11.3 Å². The van der Waals surface area contributed by atoms with Crippen LogP contribution in [0.2, 0.25) is 0 Å². The topological polar surface area (TPSA) is 31.4 Å². The van der Waals surface area contributed by atoms with E-state index in [0.717, 1.165) is 38.6 Å². The van der Waals surface area contributed by atoms with E-state index in [1.54, 1.807) is 0 Å². The monoisotopic (exact) mass is 308 g/mol. The largest absolute Gasteiger partial charge is 0.343 e. The number of piperazine rings is 1. The summed E-state index contributed by atoms with van der Waals surface area (Å²) >= 11 is 1.92. The molecule has 1 unspecified atom stereocenters. The van der Waals surface area contributed by atoms with Gasteiger partial charge in [0, 0.05) is 43.0 Å². The molecule has 1 N–H and O–H groups in total. The molecular weight excluding hydrogens is 280 g/mol. The van der Waals surface area contributed by atoms with Gasteiger partial charge in [-0.05, 0) is 39.8 Å². The van der Waals surface area contributed by atoms with Crippen molar-refractivity contribution in [2.75, 3.05) is 38.1 Å². The Bertz CT molecular complexity index is 469. The lowest BCUT2D eigenvalue weighted by atomic mass is 10.2. The number of nitrogens with zero attached hydrogens (tertiary/aromatic N) is 3. The molecule has 0 bridgehead atoms. The molecule has 0 spiro atoms. The van der Waals surface area contributed by atoms with Crippen molar-refractivity contribution in [3.8, 4) is 0 Å². The lowest BCUT2D eigenvalue weighted by Gasteiger charge is -2.38. The van der Waals surface area contributed by atoms with Gasteiger partial charge in [-0.2, -0.15) is 0 Å². The van der Waals surface area contributed by atoms with Gasteiger partial charge < -0.3 is 15.1 Å². The number of aromatic nitrogens is 1. The van der Waals surface area contributed by atoms with E-state index >= 15 is 0 Å². The molecule has 1 aliphatic carbocycles. The van der Waals surface area contributed by atoms with Crippen LogP contribution in [-0.2, 0) is 6.54 Å². The third-order valence-electron chi connectivity index (χ3n) is 4.47. The van der Waals surface area contributed by atoms with Gasteiger partial charge >= 0.3 is 0 Å². The number of likely N-dealkylation sites (N-methyl/N-ethyl adjacent to an activating group) is 1. The van der Waals surface area contributed by atoms with E-state index in [2.05, 4.69) is 36.0 Å². The zero-order valence-electron chi connectivity index (χ0n) is 13.6. The van der Waals surface area contributed by atoms with Gasteiger partial charge in [-0.25, -0.2) is 4.98 Å². The summed E-state index contributed by atoms with van der Waals surface area (Å²) in [5.74, 6) is 0.746. The lowest BCUT2D eigenvalue weighted by Crippen LogP contribution is -2.50. The number of rotatable bonds is 6. The quantitative estimate of drug-likeness (QED) is 0.819. The van der Waals surface area contributed by atoms with E-state index in [9.17, 15) is 0 Å². The second-order valence-electron chi connectivity index (χ2n) is 6.56. The molecule has 1 atom stereocenters. The Balaban J connectivity index is 1.74. The van der Waals surface area contributed by atoms with Crippen molar-refractivity contribution in [2.24, 2.45) is 0 Å². The molecule has 2 aliphatic rings. The fourth-order valence-electron chi connectivity index (χ4n) is 3.08. The molecule has 1 saturated heterocycles. The highest BCUT2D eigenvalue weighted by molar-refractivity contribution is 7.15. The molecule has 118 valence electrons. The molecule has 1 aliphatic heterocycles. The number of thiazole rings is 1. The van der Waals surface area contributed by atoms with Crippen LogP contribution in [0.5, 0.6) is 0 Å². The first-order valence-corrected chi connectivity index (χ1v) is 9.16. The minimum atomic E-state index is 0.568. The van der Waals surface area contributed by atoms with E-state index in [4.69, 9.17) is 4.98 Å². The van der Waals surface area contributed by atoms with Crippen molar-refractivity contribution in [1.29, 1.82) is 0 Å². The van der Waals surface area contributed by atoms with Gasteiger partial charge in [0.05, 0.1) is 5.69 Å². The molecule has 1 aromatic heterocycles. The molecule has 4 nitrogen and oxygen atoms in total. The Labute approximate surface area is 132 Å². The predicted molar refractivity (Wildman–Crippen MR) is 90.4 cm³/mol. The average molecular weight is 308 g/mol. The van der Waals surface area contributed by atoms with Gasteiger partial charge in [0.15, 0.2) is 5.13 Å². The third kappa shape index (κ3) is 3.58. The van der Waals surface area contributed by atoms with Crippen molar-refractivity contribution in [3.05, 3.63) is 10.6 Å². The maximum absolute atomic E-state index is 5.04. The van der Waals surface area contributed by atoms with Crippen LogP contribution in [0.15, 0.2) is 0 Å². The van der Waals surface area contributed by atoms with Crippen molar-refractivity contribution in [1.82, 2.24) is 15.2 Å². The summed E-state index contributed by atoms with van der Waals surface area (Å²) in [7, 11) is 2.21. The fourth-order valence-corrected chi connectivity index (χ4v) is 4.32. The molecule has 0 aromatic carbocycles. The van der Waals surface area contributed by atoms with E-state index in [0.29, 0.717) is 6.04 Å². The van der Waals surface area contributed by atoms with Crippen molar-refractivity contribution in [2.45, 2.75) is 51.6 Å². The van der Waals surface area contributed by atoms with Crippen LogP contribution in [-0.4, -0.2) is 49.2 Å². The van der Waals surface area contributed by atoms with Gasteiger partial charge in [0.2, 0.25) is 0 Å².